The number of para-hydroxylation sites is 1. The SMILES string of the molecule is c1ccc2sc(S[S+]3CCCC3)nc2c1. The molecule has 0 radical (unpaired) electrons. The van der Waals surface area contributed by atoms with Crippen molar-refractivity contribution in [2.75, 3.05) is 11.5 Å². The molecule has 2 aromatic rings. The Morgan fingerprint density at radius 1 is 1.20 bits per heavy atom. The first-order valence-corrected chi connectivity index (χ1v) is 8.84. The third-order valence-corrected chi connectivity index (χ3v) is 8.24. The van der Waals surface area contributed by atoms with Crippen LogP contribution in [0.25, 0.3) is 10.2 Å². The number of rotatable bonds is 2. The lowest BCUT2D eigenvalue weighted by molar-refractivity contribution is 0.949. The van der Waals surface area contributed by atoms with Crippen LogP contribution in [0.2, 0.25) is 0 Å². The largest absolute Gasteiger partial charge is 0.226 e. The molecule has 0 amide bonds. The average Bonchev–Trinajstić information content (AvgIpc) is 2.86. The zero-order valence-electron chi connectivity index (χ0n) is 8.31. The Kier molecular flexibility index (Phi) is 2.90. The maximum Gasteiger partial charge on any atom is 0.203 e. The molecule has 1 aliphatic rings. The second kappa shape index (κ2) is 4.36. The zero-order chi connectivity index (χ0) is 10.1. The van der Waals surface area contributed by atoms with E-state index in [1.807, 2.05) is 22.1 Å². The Bertz CT molecular complexity index is 427. The first-order chi connectivity index (χ1) is 7.42. The van der Waals surface area contributed by atoms with Gasteiger partial charge in [0.05, 0.1) is 20.1 Å². The molecule has 78 valence electrons. The van der Waals surface area contributed by atoms with E-state index in [4.69, 9.17) is 0 Å². The second-order valence-electron chi connectivity index (χ2n) is 3.59. The fourth-order valence-corrected chi connectivity index (χ4v) is 7.66. The molecule has 2 heterocycles. The molecule has 1 saturated heterocycles. The van der Waals surface area contributed by atoms with Gasteiger partial charge in [-0.2, -0.15) is 0 Å². The lowest BCUT2D eigenvalue weighted by atomic mass is 10.3. The standard InChI is InChI=1S/C11H12NS3/c1-2-6-10-9(5-1)12-11(13-10)14-15-7-3-4-8-15/h1-2,5-6H,3-4,7-8H2/q+1. The van der Waals surface area contributed by atoms with E-state index in [0.717, 1.165) is 5.52 Å². The van der Waals surface area contributed by atoms with Gasteiger partial charge < -0.3 is 0 Å². The molecular formula is C11H12NS3+. The summed E-state index contributed by atoms with van der Waals surface area (Å²) < 4.78 is 2.59. The zero-order valence-corrected chi connectivity index (χ0v) is 10.8. The van der Waals surface area contributed by atoms with Crippen LogP contribution < -0.4 is 0 Å². The molecule has 1 fully saturated rings. The van der Waals surface area contributed by atoms with E-state index in [1.54, 1.807) is 0 Å². The lowest BCUT2D eigenvalue weighted by Crippen LogP contribution is -1.95. The minimum absolute atomic E-state index is 0.560. The molecule has 1 aliphatic heterocycles. The van der Waals surface area contributed by atoms with E-state index in [9.17, 15) is 0 Å². The highest BCUT2D eigenvalue weighted by molar-refractivity contribution is 8.74. The highest BCUT2D eigenvalue weighted by atomic mass is 33.1. The molecule has 0 bridgehead atoms. The molecule has 1 aromatic carbocycles. The highest BCUT2D eigenvalue weighted by Crippen LogP contribution is 2.36. The van der Waals surface area contributed by atoms with Gasteiger partial charge in [0, 0.05) is 0 Å². The van der Waals surface area contributed by atoms with Crippen molar-refractivity contribution in [2.24, 2.45) is 0 Å². The summed E-state index contributed by atoms with van der Waals surface area (Å²) in [5.41, 5.74) is 1.16. The Hall–Kier alpha value is -0.190. The van der Waals surface area contributed by atoms with E-state index in [-0.39, 0.29) is 0 Å². The molecule has 0 N–H and O–H groups in total. The normalized spacial score (nSPS) is 17.6. The average molecular weight is 254 g/mol. The van der Waals surface area contributed by atoms with Gasteiger partial charge in [-0.15, -0.1) is 11.3 Å². The van der Waals surface area contributed by atoms with Crippen molar-refractivity contribution in [1.82, 2.24) is 4.98 Å². The number of benzene rings is 1. The van der Waals surface area contributed by atoms with E-state index < -0.39 is 0 Å². The van der Waals surface area contributed by atoms with Crippen LogP contribution in [0.15, 0.2) is 28.6 Å². The van der Waals surface area contributed by atoms with Gasteiger partial charge >= 0.3 is 0 Å². The predicted molar refractivity (Wildman–Crippen MR) is 71.8 cm³/mol. The molecule has 0 saturated carbocycles. The summed E-state index contributed by atoms with van der Waals surface area (Å²) in [7, 11) is 2.57. The summed E-state index contributed by atoms with van der Waals surface area (Å²) in [5.74, 6) is 2.81. The van der Waals surface area contributed by atoms with Crippen molar-refractivity contribution in [2.45, 2.75) is 17.2 Å². The van der Waals surface area contributed by atoms with Crippen molar-refractivity contribution in [1.29, 1.82) is 0 Å². The summed E-state index contributed by atoms with van der Waals surface area (Å²) in [5, 5.41) is 0. The van der Waals surface area contributed by atoms with Crippen LogP contribution >= 0.6 is 22.1 Å². The fraction of sp³-hybridized carbons (Fsp3) is 0.364. The molecule has 1 nitrogen and oxygen atoms in total. The number of nitrogens with zero attached hydrogens (tertiary/aromatic N) is 1. The molecular weight excluding hydrogens is 242 g/mol. The van der Waals surface area contributed by atoms with Gasteiger partial charge in [0.1, 0.15) is 11.5 Å². The maximum atomic E-state index is 4.66. The Labute approximate surface area is 100 Å². The molecule has 0 aliphatic carbocycles. The third kappa shape index (κ3) is 2.17. The van der Waals surface area contributed by atoms with Crippen molar-refractivity contribution < 1.29 is 0 Å². The number of hydrogen-bond acceptors (Lipinski definition) is 3. The number of hydrogen-bond donors (Lipinski definition) is 0. The van der Waals surface area contributed by atoms with E-state index >= 15 is 0 Å². The quantitative estimate of drug-likeness (QED) is 0.598. The molecule has 3 rings (SSSR count). The van der Waals surface area contributed by atoms with Gasteiger partial charge in [-0.05, 0) is 25.0 Å². The van der Waals surface area contributed by atoms with Crippen LogP contribution in [0, 0.1) is 0 Å². The van der Waals surface area contributed by atoms with Crippen LogP contribution in [-0.2, 0) is 9.93 Å². The Balaban J connectivity index is 1.84. The van der Waals surface area contributed by atoms with Gasteiger partial charge in [0.2, 0.25) is 4.34 Å². The molecule has 0 spiro atoms. The lowest BCUT2D eigenvalue weighted by Gasteiger charge is -1.91. The Morgan fingerprint density at radius 2 is 2.00 bits per heavy atom. The molecule has 15 heavy (non-hydrogen) atoms. The van der Waals surface area contributed by atoms with E-state index in [0.29, 0.717) is 9.93 Å². The van der Waals surface area contributed by atoms with Crippen molar-refractivity contribution in [3.05, 3.63) is 24.3 Å². The van der Waals surface area contributed by atoms with E-state index in [1.165, 1.54) is 33.4 Å². The molecule has 0 unspecified atom stereocenters. The van der Waals surface area contributed by atoms with Gasteiger partial charge in [0.25, 0.3) is 0 Å². The van der Waals surface area contributed by atoms with Crippen molar-refractivity contribution >= 4 is 42.3 Å². The van der Waals surface area contributed by atoms with Crippen LogP contribution in [0.3, 0.4) is 0 Å². The fourth-order valence-electron chi connectivity index (χ4n) is 1.70. The van der Waals surface area contributed by atoms with Crippen LogP contribution in [-0.4, -0.2) is 16.5 Å². The predicted octanol–water partition coefficient (Wildman–Crippen LogP) is 3.72. The molecule has 0 atom stereocenters. The molecule has 1 aromatic heterocycles. The molecule has 4 heteroatoms. The second-order valence-corrected chi connectivity index (χ2v) is 9.04. The highest BCUT2D eigenvalue weighted by Gasteiger charge is 2.28. The van der Waals surface area contributed by atoms with Gasteiger partial charge in [-0.25, -0.2) is 4.98 Å². The minimum atomic E-state index is 0.560. The van der Waals surface area contributed by atoms with Crippen LogP contribution in [0.4, 0.5) is 0 Å². The first kappa shape index (κ1) is 10.00. The number of fused-ring (bicyclic) bond motifs is 1. The van der Waals surface area contributed by atoms with Gasteiger partial charge in [-0.3, -0.25) is 0 Å². The first-order valence-electron chi connectivity index (χ1n) is 5.13. The van der Waals surface area contributed by atoms with Crippen molar-refractivity contribution in [3.8, 4) is 0 Å². The van der Waals surface area contributed by atoms with Gasteiger partial charge in [-0.1, -0.05) is 12.1 Å². The third-order valence-electron chi connectivity index (χ3n) is 2.46. The van der Waals surface area contributed by atoms with Crippen LogP contribution in [0.5, 0.6) is 0 Å². The number of thiazole rings is 1. The summed E-state index contributed by atoms with van der Waals surface area (Å²) in [6.45, 7) is 0. The van der Waals surface area contributed by atoms with Gasteiger partial charge in [0.15, 0.2) is 10.8 Å². The van der Waals surface area contributed by atoms with E-state index in [2.05, 4.69) is 29.2 Å². The summed E-state index contributed by atoms with van der Waals surface area (Å²) in [6, 6.07) is 8.42. The summed E-state index contributed by atoms with van der Waals surface area (Å²) in [6.07, 6.45) is 2.84. The van der Waals surface area contributed by atoms with Crippen LogP contribution in [0.1, 0.15) is 12.8 Å². The van der Waals surface area contributed by atoms with Crippen molar-refractivity contribution in [3.63, 3.8) is 0 Å². The Morgan fingerprint density at radius 3 is 2.80 bits per heavy atom. The smallest absolute Gasteiger partial charge is 0.203 e. The monoisotopic (exact) mass is 254 g/mol. The minimum Gasteiger partial charge on any atom is -0.226 e. The summed E-state index contributed by atoms with van der Waals surface area (Å²) in [4.78, 5) is 4.66. The maximum absolute atomic E-state index is 4.66. The number of aromatic nitrogens is 1. The summed E-state index contributed by atoms with van der Waals surface area (Å²) >= 11 is 1.84. The topological polar surface area (TPSA) is 12.9 Å².